The van der Waals surface area contributed by atoms with Gasteiger partial charge in [-0.15, -0.1) is 22.8 Å². The van der Waals surface area contributed by atoms with E-state index in [4.69, 9.17) is 5.84 Å². The monoisotopic (exact) mass is 390 g/mol. The molecular formula is C17H22N6OS2. The molecule has 0 aromatic carbocycles. The molecule has 1 fully saturated rings. The number of rotatable bonds is 6. The third-order valence-electron chi connectivity index (χ3n) is 4.76. The van der Waals surface area contributed by atoms with Crippen molar-refractivity contribution in [2.75, 3.05) is 5.32 Å². The summed E-state index contributed by atoms with van der Waals surface area (Å²) in [6.07, 6.45) is 7.38. The predicted molar refractivity (Wildman–Crippen MR) is 106 cm³/mol. The van der Waals surface area contributed by atoms with Gasteiger partial charge in [0, 0.05) is 24.7 Å². The Bertz CT molecular complexity index is 779. The van der Waals surface area contributed by atoms with E-state index in [-0.39, 0.29) is 11.8 Å². The van der Waals surface area contributed by atoms with Crippen LogP contribution < -0.4 is 11.2 Å². The van der Waals surface area contributed by atoms with Crippen molar-refractivity contribution < 1.29 is 4.79 Å². The lowest BCUT2D eigenvalue weighted by atomic mass is 10.0. The highest BCUT2D eigenvalue weighted by Crippen LogP contribution is 2.41. The summed E-state index contributed by atoms with van der Waals surface area (Å²) in [5.74, 6) is 5.75. The van der Waals surface area contributed by atoms with Gasteiger partial charge in [0.1, 0.15) is 5.01 Å². The Morgan fingerprint density at radius 1 is 1.50 bits per heavy atom. The zero-order chi connectivity index (χ0) is 18.5. The lowest BCUT2D eigenvalue weighted by Gasteiger charge is -2.10. The van der Waals surface area contributed by atoms with E-state index in [9.17, 15) is 4.79 Å². The van der Waals surface area contributed by atoms with E-state index < -0.39 is 0 Å². The van der Waals surface area contributed by atoms with Crippen LogP contribution in [0, 0.1) is 5.92 Å². The van der Waals surface area contributed by atoms with Crippen LogP contribution in [0.4, 0.5) is 5.13 Å². The highest BCUT2D eigenvalue weighted by molar-refractivity contribution is 7.97. The quantitative estimate of drug-likeness (QED) is 0.231. The van der Waals surface area contributed by atoms with Crippen molar-refractivity contribution in [3.8, 4) is 0 Å². The molecule has 2 aromatic rings. The van der Waals surface area contributed by atoms with Crippen LogP contribution in [-0.4, -0.2) is 26.1 Å². The van der Waals surface area contributed by atoms with Crippen LogP contribution in [0.2, 0.25) is 0 Å². The van der Waals surface area contributed by atoms with E-state index in [1.165, 1.54) is 11.3 Å². The normalized spacial score (nSPS) is 21.5. The highest BCUT2D eigenvalue weighted by Gasteiger charge is 2.29. The van der Waals surface area contributed by atoms with Crippen molar-refractivity contribution >= 4 is 40.0 Å². The first-order valence-corrected chi connectivity index (χ1v) is 9.83. The highest BCUT2D eigenvalue weighted by atomic mass is 32.1. The van der Waals surface area contributed by atoms with Crippen molar-refractivity contribution in [1.82, 2.24) is 15.2 Å². The molecule has 0 spiro atoms. The van der Waals surface area contributed by atoms with Gasteiger partial charge in [-0.3, -0.25) is 9.78 Å². The summed E-state index contributed by atoms with van der Waals surface area (Å²) in [5, 5.41) is 17.1. The molecule has 0 aliphatic heterocycles. The molecule has 3 atom stereocenters. The van der Waals surface area contributed by atoms with Gasteiger partial charge in [0.2, 0.25) is 11.0 Å². The molecule has 7 nitrogen and oxygen atoms in total. The molecule has 3 rings (SSSR count). The fourth-order valence-electron chi connectivity index (χ4n) is 3.24. The van der Waals surface area contributed by atoms with Crippen molar-refractivity contribution in [1.29, 1.82) is 0 Å². The SMILES string of the molecule is C[C@H](C(=O)Nc1nnc([C@H]2CC[C@@H](C/C(S)=N/N)C2)s1)c1cccnc1. The number of hydrogen-bond acceptors (Lipinski definition) is 7. The number of amides is 1. The van der Waals surface area contributed by atoms with Gasteiger partial charge in [0.15, 0.2) is 0 Å². The minimum atomic E-state index is -0.295. The first-order chi connectivity index (χ1) is 12.6. The molecule has 0 radical (unpaired) electrons. The Morgan fingerprint density at radius 2 is 2.35 bits per heavy atom. The fourth-order valence-corrected chi connectivity index (χ4v) is 4.39. The molecule has 1 aliphatic carbocycles. The third kappa shape index (κ3) is 4.59. The van der Waals surface area contributed by atoms with Gasteiger partial charge in [-0.25, -0.2) is 0 Å². The maximum absolute atomic E-state index is 12.4. The number of pyridine rings is 1. The summed E-state index contributed by atoms with van der Waals surface area (Å²) in [6.45, 7) is 1.85. The molecule has 0 bridgehead atoms. The van der Waals surface area contributed by atoms with Crippen LogP contribution in [0.15, 0.2) is 29.6 Å². The molecule has 2 aromatic heterocycles. The summed E-state index contributed by atoms with van der Waals surface area (Å²) in [4.78, 5) is 16.5. The number of aromatic nitrogens is 3. The minimum Gasteiger partial charge on any atom is -0.323 e. The average Bonchev–Trinajstić information content (AvgIpc) is 3.31. The van der Waals surface area contributed by atoms with E-state index in [1.807, 2.05) is 19.1 Å². The lowest BCUT2D eigenvalue weighted by Crippen LogP contribution is -2.18. The number of thiol groups is 1. The molecule has 138 valence electrons. The molecule has 3 N–H and O–H groups in total. The van der Waals surface area contributed by atoms with Crippen LogP contribution in [0.3, 0.4) is 0 Å². The van der Waals surface area contributed by atoms with E-state index in [2.05, 4.69) is 38.2 Å². The zero-order valence-electron chi connectivity index (χ0n) is 14.5. The largest absolute Gasteiger partial charge is 0.323 e. The number of carbonyl (C=O) groups excluding carboxylic acids is 1. The second kappa shape index (κ2) is 8.59. The molecule has 1 aliphatic rings. The number of nitrogens with zero attached hydrogens (tertiary/aromatic N) is 4. The first-order valence-electron chi connectivity index (χ1n) is 8.56. The third-order valence-corrected chi connectivity index (χ3v) is 6.06. The van der Waals surface area contributed by atoms with Gasteiger partial charge in [0.25, 0.3) is 0 Å². The van der Waals surface area contributed by atoms with E-state index in [0.717, 1.165) is 36.3 Å². The van der Waals surface area contributed by atoms with Gasteiger partial charge < -0.3 is 11.2 Å². The van der Waals surface area contributed by atoms with Crippen LogP contribution >= 0.6 is 24.0 Å². The van der Waals surface area contributed by atoms with E-state index in [0.29, 0.717) is 22.0 Å². The lowest BCUT2D eigenvalue weighted by molar-refractivity contribution is -0.117. The van der Waals surface area contributed by atoms with Gasteiger partial charge in [-0.05, 0) is 43.7 Å². The van der Waals surface area contributed by atoms with Crippen molar-refractivity contribution in [3.63, 3.8) is 0 Å². The molecule has 9 heteroatoms. The van der Waals surface area contributed by atoms with Gasteiger partial charge >= 0.3 is 0 Å². The number of anilines is 1. The van der Waals surface area contributed by atoms with Gasteiger partial charge in [0.05, 0.1) is 11.0 Å². The predicted octanol–water partition coefficient (Wildman–Crippen LogP) is 3.15. The fraction of sp³-hybridized carbons (Fsp3) is 0.471. The van der Waals surface area contributed by atoms with E-state index in [1.54, 1.807) is 12.4 Å². The number of hydrazone groups is 1. The number of nitrogens with two attached hydrogens (primary N) is 1. The zero-order valence-corrected chi connectivity index (χ0v) is 16.2. The Labute approximate surface area is 161 Å². The first kappa shape index (κ1) is 18.8. The van der Waals surface area contributed by atoms with Gasteiger partial charge in [-0.1, -0.05) is 17.4 Å². The Balaban J connectivity index is 1.57. The summed E-state index contributed by atoms with van der Waals surface area (Å²) < 4.78 is 0. The molecule has 2 heterocycles. The number of nitrogens with one attached hydrogen (secondary N) is 1. The summed E-state index contributed by atoms with van der Waals surface area (Å²) >= 11 is 5.71. The second-order valence-electron chi connectivity index (χ2n) is 6.57. The molecule has 1 amide bonds. The molecule has 0 saturated heterocycles. The van der Waals surface area contributed by atoms with E-state index >= 15 is 0 Å². The second-order valence-corrected chi connectivity index (χ2v) is 8.09. The minimum absolute atomic E-state index is 0.108. The Hall–Kier alpha value is -2.00. The van der Waals surface area contributed by atoms with Crippen LogP contribution in [-0.2, 0) is 4.79 Å². The molecule has 1 saturated carbocycles. The van der Waals surface area contributed by atoms with Crippen molar-refractivity contribution in [2.24, 2.45) is 16.9 Å². The molecule has 0 unspecified atom stereocenters. The molecular weight excluding hydrogens is 368 g/mol. The maximum atomic E-state index is 12.4. The van der Waals surface area contributed by atoms with Crippen LogP contribution in [0.25, 0.3) is 0 Å². The van der Waals surface area contributed by atoms with Crippen molar-refractivity contribution in [2.45, 2.75) is 44.4 Å². The average molecular weight is 391 g/mol. The van der Waals surface area contributed by atoms with Gasteiger partial charge in [-0.2, -0.15) is 5.10 Å². The Morgan fingerprint density at radius 3 is 3.08 bits per heavy atom. The number of carbonyl (C=O) groups is 1. The van der Waals surface area contributed by atoms with Crippen molar-refractivity contribution in [3.05, 3.63) is 35.1 Å². The van der Waals surface area contributed by atoms with Crippen LogP contribution in [0.1, 0.15) is 55.0 Å². The topological polar surface area (TPSA) is 106 Å². The number of hydrogen-bond donors (Lipinski definition) is 3. The standard InChI is InChI=1S/C17H22N6OS2/c1-10(13-3-2-6-19-9-13)15(24)20-17-23-22-16(26-17)12-5-4-11(7-12)8-14(25)21-18/h2-3,6,9-12H,4-5,7-8,18H2,1H3,(H,21,25)(H,20,23,24)/t10-,11+,12-/m0/s1. The smallest absolute Gasteiger partial charge is 0.233 e. The summed E-state index contributed by atoms with van der Waals surface area (Å²) in [6, 6.07) is 3.71. The summed E-state index contributed by atoms with van der Waals surface area (Å²) in [5.41, 5.74) is 0.873. The summed E-state index contributed by atoms with van der Waals surface area (Å²) in [7, 11) is 0. The molecule has 26 heavy (non-hydrogen) atoms. The van der Waals surface area contributed by atoms with Crippen LogP contribution in [0.5, 0.6) is 0 Å². The maximum Gasteiger partial charge on any atom is 0.233 e. The Kier molecular flexibility index (Phi) is 6.20.